The topological polar surface area (TPSA) is 53.7 Å². The van der Waals surface area contributed by atoms with Gasteiger partial charge in [-0.2, -0.15) is 0 Å². The lowest BCUT2D eigenvalue weighted by atomic mass is 10.0. The first-order valence-electron chi connectivity index (χ1n) is 23.3. The second kappa shape index (κ2) is 43.5. The van der Waals surface area contributed by atoms with Crippen molar-refractivity contribution in [1.29, 1.82) is 0 Å². The highest BCUT2D eigenvalue weighted by Crippen LogP contribution is 2.28. The summed E-state index contributed by atoms with van der Waals surface area (Å²) in [5.41, 5.74) is 6.02. The first kappa shape index (κ1) is 50.1. The van der Waals surface area contributed by atoms with Gasteiger partial charge in [0, 0.05) is 26.1 Å². The van der Waals surface area contributed by atoms with Crippen LogP contribution in [0.5, 0.6) is 0 Å². The minimum absolute atomic E-state index is 0.473. The van der Waals surface area contributed by atoms with Gasteiger partial charge in [-0.05, 0) is 32.2 Å². The average molecular weight is 726 g/mol. The highest BCUT2D eigenvalue weighted by atomic mass is 28.3. The molecule has 1 atom stereocenters. The van der Waals surface area contributed by atoms with Crippen molar-refractivity contribution in [2.45, 2.75) is 271 Å². The number of nitrogens with two attached hydrogens (primary N) is 1. The van der Waals surface area contributed by atoms with E-state index < -0.39 is 15.8 Å². The summed E-state index contributed by atoms with van der Waals surface area (Å²) < 4.78 is 19.6. The van der Waals surface area contributed by atoms with Crippen molar-refractivity contribution in [3.63, 3.8) is 0 Å². The molecule has 0 bridgehead atoms. The molecule has 0 saturated carbocycles. The zero-order valence-corrected chi connectivity index (χ0v) is 36.4. The van der Waals surface area contributed by atoms with E-state index in [0.717, 1.165) is 38.9 Å². The van der Waals surface area contributed by atoms with E-state index in [2.05, 4.69) is 20.8 Å². The molecule has 0 heterocycles. The fourth-order valence-electron chi connectivity index (χ4n) is 7.34. The molecule has 50 heavy (non-hydrogen) atoms. The normalized spacial score (nSPS) is 13.2. The largest absolute Gasteiger partial charge is 0.399 e. The summed E-state index contributed by atoms with van der Waals surface area (Å²) in [6.07, 6.45) is 50.9. The summed E-state index contributed by atoms with van der Waals surface area (Å²) in [5.74, 6) is -0.473. The van der Waals surface area contributed by atoms with Gasteiger partial charge in [0.1, 0.15) is 0 Å². The zero-order chi connectivity index (χ0) is 36.3. The highest BCUT2D eigenvalue weighted by molar-refractivity contribution is 6.18. The van der Waals surface area contributed by atoms with E-state index in [1.165, 1.54) is 218 Å². The van der Waals surface area contributed by atoms with Crippen molar-refractivity contribution >= 4 is 10.0 Å². The van der Waals surface area contributed by atoms with Crippen molar-refractivity contribution in [1.82, 2.24) is 0 Å². The van der Waals surface area contributed by atoms with E-state index >= 15 is 0 Å². The molecule has 0 aromatic carbocycles. The van der Waals surface area contributed by atoms with Gasteiger partial charge < -0.3 is 19.3 Å². The molecule has 0 aromatic rings. The van der Waals surface area contributed by atoms with Crippen LogP contribution in [-0.4, -0.2) is 35.6 Å². The molecule has 0 aromatic heterocycles. The number of ether oxygens (including phenoxy) is 1. The minimum Gasteiger partial charge on any atom is -0.399 e. The Labute approximate surface area is 318 Å². The van der Waals surface area contributed by atoms with Crippen molar-refractivity contribution in [2.24, 2.45) is 5.73 Å². The Balaban J connectivity index is 4.36. The predicted molar refractivity (Wildman–Crippen MR) is 226 cm³/mol. The summed E-state index contributed by atoms with van der Waals surface area (Å²) >= 11 is 0. The molecule has 0 spiro atoms. The summed E-state index contributed by atoms with van der Waals surface area (Å²) in [6.45, 7) is 9.27. The van der Waals surface area contributed by atoms with E-state index in [9.17, 15) is 0 Å². The molecule has 5 heteroatoms. The van der Waals surface area contributed by atoms with Crippen LogP contribution in [-0.2, 0) is 13.6 Å². The van der Waals surface area contributed by atoms with Crippen LogP contribution < -0.4 is 5.73 Å². The van der Waals surface area contributed by atoms with Gasteiger partial charge in [-0.1, -0.05) is 226 Å². The van der Waals surface area contributed by atoms with Crippen LogP contribution in [0.3, 0.4) is 0 Å². The molecule has 0 radical (unpaired) electrons. The summed E-state index contributed by atoms with van der Waals surface area (Å²) in [6, 6.07) is 0. The summed E-state index contributed by atoms with van der Waals surface area (Å²) in [7, 11) is -1.07. The third-order valence-corrected chi connectivity index (χ3v) is 11.9. The van der Waals surface area contributed by atoms with Gasteiger partial charge in [0.15, 0.2) is 5.79 Å². The lowest BCUT2D eigenvalue weighted by molar-refractivity contribution is -0.200. The Kier molecular flexibility index (Phi) is 43.5. The maximum Gasteiger partial charge on any atom is 0.307 e. The predicted octanol–water partition coefficient (Wildman–Crippen LogP) is 14.6. The second-order valence-electron chi connectivity index (χ2n) is 15.9. The summed E-state index contributed by atoms with van der Waals surface area (Å²) in [5, 5.41) is 0. The van der Waals surface area contributed by atoms with Crippen LogP contribution in [0.1, 0.15) is 265 Å². The van der Waals surface area contributed by atoms with Crippen LogP contribution >= 0.6 is 0 Å². The van der Waals surface area contributed by atoms with E-state index in [0.29, 0.717) is 6.54 Å². The van der Waals surface area contributed by atoms with E-state index in [4.69, 9.17) is 19.3 Å². The molecule has 0 amide bonds. The van der Waals surface area contributed by atoms with Gasteiger partial charge in [-0.3, -0.25) is 0 Å². The maximum atomic E-state index is 6.70. The van der Waals surface area contributed by atoms with Crippen LogP contribution in [0.25, 0.3) is 0 Å². The molecule has 0 fully saturated rings. The first-order valence-corrected chi connectivity index (χ1v) is 24.5. The molecule has 0 saturated heterocycles. The minimum atomic E-state index is -1.07. The van der Waals surface area contributed by atoms with Gasteiger partial charge >= 0.3 is 10.0 Å². The van der Waals surface area contributed by atoms with Crippen molar-refractivity contribution in [3.8, 4) is 0 Å². The van der Waals surface area contributed by atoms with Crippen LogP contribution in [0, 0.1) is 0 Å². The average Bonchev–Trinajstić information content (AvgIpc) is 3.13. The molecule has 302 valence electrons. The highest BCUT2D eigenvalue weighted by Gasteiger charge is 2.31. The summed E-state index contributed by atoms with van der Waals surface area (Å²) in [4.78, 5) is 0. The quantitative estimate of drug-likeness (QED) is 0.0386. The first-order chi connectivity index (χ1) is 24.7. The molecule has 0 aliphatic carbocycles. The molecule has 0 aliphatic heterocycles. The molecule has 1 unspecified atom stereocenters. The Hall–Kier alpha value is 0.0569. The lowest BCUT2D eigenvalue weighted by Crippen LogP contribution is -2.39. The van der Waals surface area contributed by atoms with Crippen molar-refractivity contribution in [2.75, 3.05) is 19.8 Å². The van der Waals surface area contributed by atoms with Gasteiger partial charge in [-0.25, -0.2) is 0 Å². The Bertz CT molecular complexity index is 581. The molecule has 2 N–H and O–H groups in total. The number of hydrogen-bond donors (Lipinski definition) is 1. The van der Waals surface area contributed by atoms with Crippen molar-refractivity contribution < 1.29 is 13.6 Å². The van der Waals surface area contributed by atoms with Gasteiger partial charge in [0.25, 0.3) is 0 Å². The number of hydrogen-bond acceptors (Lipinski definition) is 4. The fourth-order valence-corrected chi connectivity index (χ4v) is 8.33. The van der Waals surface area contributed by atoms with Gasteiger partial charge in [0.05, 0.1) is 0 Å². The number of rotatable bonds is 45. The van der Waals surface area contributed by atoms with Crippen molar-refractivity contribution in [3.05, 3.63) is 0 Å². The van der Waals surface area contributed by atoms with Gasteiger partial charge in [-0.15, -0.1) is 0 Å². The van der Waals surface area contributed by atoms with E-state index in [1.807, 2.05) is 0 Å². The zero-order valence-electron chi connectivity index (χ0n) is 35.0. The molecule has 4 nitrogen and oxygen atoms in total. The Morgan fingerprint density at radius 2 is 0.660 bits per heavy atom. The maximum absolute atomic E-state index is 6.70. The fraction of sp³-hybridized carbons (Fsp3) is 1.00. The Morgan fingerprint density at radius 3 is 1.02 bits per heavy atom. The van der Waals surface area contributed by atoms with E-state index in [1.54, 1.807) is 0 Å². The smallest absolute Gasteiger partial charge is 0.307 e. The SMILES string of the molecule is CCCCCCCCCCCCCCCCO[SiH2]OC(CCCN)(CCCCCCCCCCCCC)OCCCCCCCCCCCC. The third-order valence-electron chi connectivity index (χ3n) is 10.8. The second-order valence-corrected chi connectivity index (χ2v) is 16.8. The van der Waals surface area contributed by atoms with Crippen LogP contribution in [0.2, 0.25) is 0 Å². The molecule has 0 rings (SSSR count). The molecule has 0 aliphatic rings. The lowest BCUT2D eigenvalue weighted by Gasteiger charge is -2.34. The Morgan fingerprint density at radius 1 is 0.360 bits per heavy atom. The van der Waals surface area contributed by atoms with Gasteiger partial charge in [0.2, 0.25) is 0 Å². The molecular weight excluding hydrogens is 631 g/mol. The van der Waals surface area contributed by atoms with E-state index in [-0.39, 0.29) is 0 Å². The number of unbranched alkanes of at least 4 members (excludes halogenated alkanes) is 32. The molecular formula is C45H95NO3Si. The van der Waals surface area contributed by atoms with Crippen LogP contribution in [0.4, 0.5) is 0 Å². The standard InChI is InChI=1S/C45H95NO3Si/c1-4-7-10-13-16-19-22-23-24-26-29-32-35-38-44-48-50-49-45(41-39-42-46,40-36-33-30-27-25-20-17-14-11-8-5-2)47-43-37-34-31-28-21-18-15-12-9-6-3/h4-44,46,50H2,1-3H3. The van der Waals surface area contributed by atoms with Crippen LogP contribution in [0.15, 0.2) is 0 Å². The monoisotopic (exact) mass is 726 g/mol. The third kappa shape index (κ3) is 37.8.